The fraction of sp³-hybridized carbons (Fsp3) is 0.333. The Hall–Kier alpha value is -3.10. The molecular weight excluding hydrogens is 426 g/mol. The van der Waals surface area contributed by atoms with Crippen LogP contribution in [0.3, 0.4) is 0 Å². The molecule has 0 aliphatic carbocycles. The number of hydrogen-bond donors (Lipinski definition) is 2. The Kier molecular flexibility index (Phi) is 8.08. The Labute approximate surface area is 192 Å². The van der Waals surface area contributed by atoms with Crippen LogP contribution in [0.5, 0.6) is 5.75 Å². The number of nitrogens with one attached hydrogen (secondary N) is 2. The minimum Gasteiger partial charge on any atom is -0.497 e. The third kappa shape index (κ3) is 5.57. The molecule has 0 saturated heterocycles. The van der Waals surface area contributed by atoms with Gasteiger partial charge >= 0.3 is 0 Å². The number of hydrogen-bond acceptors (Lipinski definition) is 6. The maximum atomic E-state index is 13.0. The maximum Gasteiger partial charge on any atom is 0.291 e. The van der Waals surface area contributed by atoms with Crippen molar-refractivity contribution < 1.29 is 18.7 Å². The van der Waals surface area contributed by atoms with E-state index in [1.54, 1.807) is 25.3 Å². The third-order valence-corrected chi connectivity index (χ3v) is 6.44. The van der Waals surface area contributed by atoms with Crippen LogP contribution in [0.1, 0.15) is 51.2 Å². The van der Waals surface area contributed by atoms with Crippen LogP contribution < -0.4 is 15.4 Å². The van der Waals surface area contributed by atoms with Gasteiger partial charge in [-0.2, -0.15) is 0 Å². The lowest BCUT2D eigenvalue weighted by molar-refractivity contribution is 0.0937. The summed E-state index contributed by atoms with van der Waals surface area (Å²) in [6.45, 7) is 8.24. The molecule has 0 radical (unpaired) electrons. The molecule has 1 unspecified atom stereocenters. The van der Waals surface area contributed by atoms with Gasteiger partial charge in [-0.25, -0.2) is 0 Å². The summed E-state index contributed by atoms with van der Waals surface area (Å²) in [5, 5.41) is 6.46. The van der Waals surface area contributed by atoms with Gasteiger partial charge in [0.1, 0.15) is 5.75 Å². The van der Waals surface area contributed by atoms with Gasteiger partial charge in [-0.3, -0.25) is 14.5 Å². The molecule has 0 spiro atoms. The molecule has 8 heteroatoms. The number of thiophene rings is 1. The SMILES string of the molecule is CCN(CC)C(CNC(=O)c1sc(NC(=O)c2ccco2)cc1C)c1cccc(OC)c1. The van der Waals surface area contributed by atoms with Crippen LogP contribution in [0.2, 0.25) is 0 Å². The summed E-state index contributed by atoms with van der Waals surface area (Å²) < 4.78 is 10.5. The largest absolute Gasteiger partial charge is 0.497 e. The summed E-state index contributed by atoms with van der Waals surface area (Å²) in [6.07, 6.45) is 1.45. The summed E-state index contributed by atoms with van der Waals surface area (Å²) in [5.41, 5.74) is 1.89. The molecule has 0 bridgehead atoms. The van der Waals surface area contributed by atoms with Crippen LogP contribution in [0.25, 0.3) is 0 Å². The topological polar surface area (TPSA) is 83.8 Å². The number of rotatable bonds is 10. The number of likely N-dealkylation sites (N-methyl/N-ethyl adjacent to an activating group) is 1. The highest BCUT2D eigenvalue weighted by molar-refractivity contribution is 7.18. The van der Waals surface area contributed by atoms with E-state index in [9.17, 15) is 9.59 Å². The molecule has 2 N–H and O–H groups in total. The summed E-state index contributed by atoms with van der Waals surface area (Å²) in [4.78, 5) is 28.1. The van der Waals surface area contributed by atoms with E-state index < -0.39 is 0 Å². The van der Waals surface area contributed by atoms with Gasteiger partial charge in [0.2, 0.25) is 0 Å². The molecule has 1 atom stereocenters. The van der Waals surface area contributed by atoms with Gasteiger partial charge in [-0.05, 0) is 61.5 Å². The van der Waals surface area contributed by atoms with Crippen LogP contribution in [-0.2, 0) is 0 Å². The molecule has 0 fully saturated rings. The van der Waals surface area contributed by atoms with E-state index in [2.05, 4.69) is 35.4 Å². The van der Waals surface area contributed by atoms with Gasteiger partial charge in [0.05, 0.1) is 29.3 Å². The number of carbonyl (C=O) groups is 2. The number of ether oxygens (including phenoxy) is 1. The summed E-state index contributed by atoms with van der Waals surface area (Å²) >= 11 is 1.25. The second-order valence-corrected chi connectivity index (χ2v) is 8.33. The summed E-state index contributed by atoms with van der Waals surface area (Å²) in [5.74, 6) is 0.508. The lowest BCUT2D eigenvalue weighted by atomic mass is 10.0. The van der Waals surface area contributed by atoms with E-state index >= 15 is 0 Å². The van der Waals surface area contributed by atoms with E-state index in [-0.39, 0.29) is 23.6 Å². The average Bonchev–Trinajstić information content (AvgIpc) is 3.46. The first kappa shape index (κ1) is 23.6. The Bertz CT molecular complexity index is 1040. The Morgan fingerprint density at radius 2 is 1.91 bits per heavy atom. The van der Waals surface area contributed by atoms with Gasteiger partial charge in [-0.1, -0.05) is 26.0 Å². The van der Waals surface area contributed by atoms with Crippen molar-refractivity contribution in [1.29, 1.82) is 0 Å². The molecule has 3 rings (SSSR count). The number of nitrogens with zero attached hydrogens (tertiary/aromatic N) is 1. The van der Waals surface area contributed by atoms with Gasteiger partial charge in [-0.15, -0.1) is 11.3 Å². The zero-order chi connectivity index (χ0) is 23.1. The molecule has 3 aromatic rings. The van der Waals surface area contributed by atoms with E-state index in [1.165, 1.54) is 17.6 Å². The molecule has 1 aromatic carbocycles. The lowest BCUT2D eigenvalue weighted by Gasteiger charge is -2.30. The maximum absolute atomic E-state index is 13.0. The molecular formula is C24H29N3O4S. The van der Waals surface area contributed by atoms with Gasteiger partial charge < -0.3 is 19.8 Å². The number of benzene rings is 1. The predicted molar refractivity (Wildman–Crippen MR) is 127 cm³/mol. The van der Waals surface area contributed by atoms with Crippen molar-refractivity contribution >= 4 is 28.2 Å². The minimum absolute atomic E-state index is 0.0162. The highest BCUT2D eigenvalue weighted by Crippen LogP contribution is 2.28. The quantitative estimate of drug-likeness (QED) is 0.462. The molecule has 2 aromatic heterocycles. The lowest BCUT2D eigenvalue weighted by Crippen LogP contribution is -2.38. The second-order valence-electron chi connectivity index (χ2n) is 7.28. The molecule has 7 nitrogen and oxygen atoms in total. The first-order valence-electron chi connectivity index (χ1n) is 10.6. The van der Waals surface area contributed by atoms with E-state index in [0.717, 1.165) is 30.0 Å². The van der Waals surface area contributed by atoms with Gasteiger partial charge in [0.25, 0.3) is 11.8 Å². The molecule has 2 heterocycles. The zero-order valence-corrected chi connectivity index (χ0v) is 19.6. The molecule has 170 valence electrons. The molecule has 0 saturated carbocycles. The first-order valence-corrected chi connectivity index (χ1v) is 11.4. The molecule has 0 aliphatic rings. The van der Waals surface area contributed by atoms with E-state index in [0.29, 0.717) is 16.4 Å². The fourth-order valence-corrected chi connectivity index (χ4v) is 4.58. The smallest absolute Gasteiger partial charge is 0.291 e. The van der Waals surface area contributed by atoms with Crippen molar-refractivity contribution in [3.05, 3.63) is 70.5 Å². The Balaban J connectivity index is 1.71. The Morgan fingerprint density at radius 1 is 1.12 bits per heavy atom. The van der Waals surface area contributed by atoms with Crippen molar-refractivity contribution in [3.8, 4) is 5.75 Å². The van der Waals surface area contributed by atoms with Crippen molar-refractivity contribution in [1.82, 2.24) is 10.2 Å². The molecule has 32 heavy (non-hydrogen) atoms. The van der Waals surface area contributed by atoms with Crippen LogP contribution in [0, 0.1) is 6.92 Å². The van der Waals surface area contributed by atoms with Crippen LogP contribution in [0.4, 0.5) is 5.00 Å². The van der Waals surface area contributed by atoms with E-state index in [1.807, 2.05) is 25.1 Å². The van der Waals surface area contributed by atoms with Crippen molar-refractivity contribution in [2.75, 3.05) is 32.1 Å². The van der Waals surface area contributed by atoms with Crippen LogP contribution in [0.15, 0.2) is 53.1 Å². The zero-order valence-electron chi connectivity index (χ0n) is 18.8. The second kappa shape index (κ2) is 11.0. The summed E-state index contributed by atoms with van der Waals surface area (Å²) in [6, 6.07) is 13.0. The fourth-order valence-electron chi connectivity index (χ4n) is 3.59. The standard InChI is InChI=1S/C24H29N3O4S/c1-5-27(6-2)19(17-9-7-10-18(14-17)30-4)15-25-24(29)22-16(3)13-21(32-22)26-23(28)20-11-8-12-31-20/h7-14,19H,5-6,15H2,1-4H3,(H,25,29)(H,26,28). The monoisotopic (exact) mass is 455 g/mol. The number of methoxy groups -OCH3 is 1. The van der Waals surface area contributed by atoms with E-state index in [4.69, 9.17) is 9.15 Å². The van der Waals surface area contributed by atoms with Crippen molar-refractivity contribution in [3.63, 3.8) is 0 Å². The van der Waals surface area contributed by atoms with Gasteiger partial charge in [0.15, 0.2) is 5.76 Å². The highest BCUT2D eigenvalue weighted by atomic mass is 32.1. The highest BCUT2D eigenvalue weighted by Gasteiger charge is 2.22. The third-order valence-electron chi connectivity index (χ3n) is 5.29. The molecule has 2 amide bonds. The number of carbonyl (C=O) groups excluding carboxylic acids is 2. The van der Waals surface area contributed by atoms with Crippen molar-refractivity contribution in [2.45, 2.75) is 26.8 Å². The first-order chi connectivity index (χ1) is 15.5. The number of amides is 2. The van der Waals surface area contributed by atoms with Crippen LogP contribution >= 0.6 is 11.3 Å². The normalized spacial score (nSPS) is 11.9. The summed E-state index contributed by atoms with van der Waals surface area (Å²) in [7, 11) is 1.65. The van der Waals surface area contributed by atoms with Crippen LogP contribution in [-0.4, -0.2) is 43.5 Å². The Morgan fingerprint density at radius 3 is 2.56 bits per heavy atom. The van der Waals surface area contributed by atoms with Gasteiger partial charge in [0, 0.05) is 6.54 Å². The number of anilines is 1. The molecule has 0 aliphatic heterocycles. The predicted octanol–water partition coefficient (Wildman–Crippen LogP) is 4.72. The average molecular weight is 456 g/mol. The number of furan rings is 1. The minimum atomic E-state index is -0.345. The van der Waals surface area contributed by atoms with Crippen molar-refractivity contribution in [2.24, 2.45) is 0 Å². The number of aryl methyl sites for hydroxylation is 1.